The third-order valence-electron chi connectivity index (χ3n) is 4.11. The number of carbonyl (C=O) groups excluding carboxylic acids is 1. The molecule has 2 N–H and O–H groups in total. The Balaban J connectivity index is 2.00. The van der Waals surface area contributed by atoms with Gasteiger partial charge >= 0.3 is 5.97 Å². The van der Waals surface area contributed by atoms with Crippen LogP contribution in [0.2, 0.25) is 0 Å². The number of aliphatic carboxylic acids is 1. The van der Waals surface area contributed by atoms with Gasteiger partial charge in [-0.15, -0.1) is 0 Å². The molecule has 1 heterocycles. The lowest BCUT2D eigenvalue weighted by atomic mass is 9.99. The van der Waals surface area contributed by atoms with E-state index in [1.54, 1.807) is 0 Å². The van der Waals surface area contributed by atoms with Crippen molar-refractivity contribution in [1.29, 1.82) is 0 Å². The summed E-state index contributed by atoms with van der Waals surface area (Å²) in [7, 11) is 0. The first-order valence-electron chi connectivity index (χ1n) is 7.69. The Morgan fingerprint density at radius 3 is 2.74 bits per heavy atom. The van der Waals surface area contributed by atoms with E-state index in [-0.39, 0.29) is 18.2 Å². The Hall–Kier alpha value is -1.82. The number of rotatable bonds is 7. The van der Waals surface area contributed by atoms with Crippen molar-refractivity contribution in [2.75, 3.05) is 0 Å². The maximum Gasteiger partial charge on any atom is 0.326 e. The highest BCUT2D eigenvalue weighted by Crippen LogP contribution is 2.21. The summed E-state index contributed by atoms with van der Waals surface area (Å²) in [5, 5.41) is 13.0. The molecule has 124 valence electrons. The molecular formula is C17H21BrN2O3. The molecule has 0 aliphatic carbocycles. The Labute approximate surface area is 143 Å². The molecule has 2 atom stereocenters. The molecule has 0 fully saturated rings. The van der Waals surface area contributed by atoms with E-state index < -0.39 is 12.0 Å². The zero-order chi connectivity index (χ0) is 17.0. The van der Waals surface area contributed by atoms with Gasteiger partial charge < -0.3 is 15.0 Å². The second kappa shape index (κ2) is 7.64. The number of carboxylic acid groups (broad SMARTS) is 1. The average molecular weight is 381 g/mol. The van der Waals surface area contributed by atoms with Crippen LogP contribution in [0.25, 0.3) is 10.9 Å². The standard InChI is InChI=1S/C17H21BrN2O3/c1-3-11(2)16(17(22)23)19-15(21)7-9-20-8-6-12-4-5-13(18)10-14(12)20/h4-6,8,10-11,16H,3,7,9H2,1-2H3,(H,19,21)(H,22,23)/t11-,16+/m0/s1. The molecule has 0 radical (unpaired) electrons. The highest BCUT2D eigenvalue weighted by atomic mass is 79.9. The minimum absolute atomic E-state index is 0.0974. The van der Waals surface area contributed by atoms with Crippen molar-refractivity contribution < 1.29 is 14.7 Å². The average Bonchev–Trinajstić information content (AvgIpc) is 2.91. The van der Waals surface area contributed by atoms with Gasteiger partial charge in [0.05, 0.1) is 0 Å². The van der Waals surface area contributed by atoms with Gasteiger partial charge in [0, 0.05) is 29.2 Å². The van der Waals surface area contributed by atoms with Gasteiger partial charge in [-0.05, 0) is 29.5 Å². The maximum atomic E-state index is 12.1. The van der Waals surface area contributed by atoms with E-state index in [4.69, 9.17) is 0 Å². The first-order valence-corrected chi connectivity index (χ1v) is 8.48. The number of benzene rings is 1. The van der Waals surface area contributed by atoms with Crippen LogP contribution in [0, 0.1) is 5.92 Å². The predicted molar refractivity (Wildman–Crippen MR) is 93.3 cm³/mol. The lowest BCUT2D eigenvalue weighted by Crippen LogP contribution is -2.45. The number of nitrogens with zero attached hydrogens (tertiary/aromatic N) is 1. The van der Waals surface area contributed by atoms with Crippen molar-refractivity contribution in [1.82, 2.24) is 9.88 Å². The van der Waals surface area contributed by atoms with Crippen molar-refractivity contribution in [2.24, 2.45) is 5.92 Å². The molecule has 0 aliphatic rings. The molecule has 0 unspecified atom stereocenters. The van der Waals surface area contributed by atoms with Crippen LogP contribution >= 0.6 is 15.9 Å². The molecule has 2 aromatic rings. The van der Waals surface area contributed by atoms with Gasteiger partial charge in [0.1, 0.15) is 6.04 Å². The zero-order valence-electron chi connectivity index (χ0n) is 13.3. The summed E-state index contributed by atoms with van der Waals surface area (Å²) in [6, 6.07) is 7.16. The number of carboxylic acids is 1. The third-order valence-corrected chi connectivity index (χ3v) is 4.60. The molecule has 0 saturated carbocycles. The third kappa shape index (κ3) is 4.34. The number of halogens is 1. The van der Waals surface area contributed by atoms with E-state index in [1.807, 2.05) is 48.9 Å². The topological polar surface area (TPSA) is 71.3 Å². The lowest BCUT2D eigenvalue weighted by molar-refractivity contribution is -0.143. The molecule has 2 rings (SSSR count). The number of amides is 1. The van der Waals surface area contributed by atoms with Crippen LogP contribution in [0.5, 0.6) is 0 Å². The fourth-order valence-electron chi connectivity index (χ4n) is 2.50. The molecular weight excluding hydrogens is 360 g/mol. The zero-order valence-corrected chi connectivity index (χ0v) is 14.8. The number of aromatic nitrogens is 1. The van der Waals surface area contributed by atoms with Crippen LogP contribution in [0.4, 0.5) is 0 Å². The van der Waals surface area contributed by atoms with Crippen LogP contribution < -0.4 is 5.32 Å². The first kappa shape index (κ1) is 17.5. The quantitative estimate of drug-likeness (QED) is 0.772. The van der Waals surface area contributed by atoms with Gasteiger partial charge in [-0.25, -0.2) is 4.79 Å². The highest BCUT2D eigenvalue weighted by Gasteiger charge is 2.25. The minimum Gasteiger partial charge on any atom is -0.480 e. The highest BCUT2D eigenvalue weighted by molar-refractivity contribution is 9.10. The Kier molecular flexibility index (Phi) is 5.82. The Morgan fingerprint density at radius 1 is 1.35 bits per heavy atom. The molecule has 1 amide bonds. The molecule has 0 aliphatic heterocycles. The van der Waals surface area contributed by atoms with E-state index in [1.165, 1.54) is 0 Å². The monoisotopic (exact) mass is 380 g/mol. The largest absolute Gasteiger partial charge is 0.480 e. The van der Waals surface area contributed by atoms with E-state index in [0.29, 0.717) is 13.0 Å². The summed E-state index contributed by atoms with van der Waals surface area (Å²) in [4.78, 5) is 23.3. The van der Waals surface area contributed by atoms with Crippen molar-refractivity contribution in [3.05, 3.63) is 34.9 Å². The normalized spacial score (nSPS) is 13.7. The molecule has 1 aromatic heterocycles. The maximum absolute atomic E-state index is 12.1. The van der Waals surface area contributed by atoms with Gasteiger partial charge in [-0.2, -0.15) is 0 Å². The van der Waals surface area contributed by atoms with E-state index >= 15 is 0 Å². The van der Waals surface area contributed by atoms with Crippen LogP contribution in [0.1, 0.15) is 26.7 Å². The van der Waals surface area contributed by atoms with Crippen LogP contribution in [-0.2, 0) is 16.1 Å². The number of aryl methyl sites for hydroxylation is 1. The Morgan fingerprint density at radius 2 is 2.09 bits per heavy atom. The van der Waals surface area contributed by atoms with E-state index in [2.05, 4.69) is 21.2 Å². The molecule has 0 spiro atoms. The van der Waals surface area contributed by atoms with Gasteiger partial charge in [0.15, 0.2) is 0 Å². The van der Waals surface area contributed by atoms with E-state index in [9.17, 15) is 14.7 Å². The second-order valence-electron chi connectivity index (χ2n) is 5.73. The summed E-state index contributed by atoms with van der Waals surface area (Å²) in [6.45, 7) is 4.26. The van der Waals surface area contributed by atoms with E-state index in [0.717, 1.165) is 15.4 Å². The lowest BCUT2D eigenvalue weighted by Gasteiger charge is -2.20. The molecule has 6 heteroatoms. The fourth-order valence-corrected chi connectivity index (χ4v) is 2.85. The second-order valence-corrected chi connectivity index (χ2v) is 6.65. The molecule has 0 saturated heterocycles. The number of hydrogen-bond acceptors (Lipinski definition) is 2. The molecule has 5 nitrogen and oxygen atoms in total. The molecule has 1 aromatic carbocycles. The number of carbonyl (C=O) groups is 2. The minimum atomic E-state index is -0.983. The Bertz CT molecular complexity index is 711. The summed E-state index contributed by atoms with van der Waals surface area (Å²) in [6.07, 6.45) is 2.89. The van der Waals surface area contributed by atoms with Gasteiger partial charge in [0.2, 0.25) is 5.91 Å². The van der Waals surface area contributed by atoms with Gasteiger partial charge in [-0.3, -0.25) is 4.79 Å². The van der Waals surface area contributed by atoms with Crippen LogP contribution in [-0.4, -0.2) is 27.6 Å². The van der Waals surface area contributed by atoms with Crippen molar-refractivity contribution in [2.45, 2.75) is 39.3 Å². The molecule has 0 bridgehead atoms. The fraction of sp³-hybridized carbons (Fsp3) is 0.412. The van der Waals surface area contributed by atoms with Crippen molar-refractivity contribution in [3.8, 4) is 0 Å². The van der Waals surface area contributed by atoms with Crippen LogP contribution in [0.3, 0.4) is 0 Å². The number of fused-ring (bicyclic) bond motifs is 1. The summed E-state index contributed by atoms with van der Waals surface area (Å²) in [5.74, 6) is -1.32. The van der Waals surface area contributed by atoms with Crippen molar-refractivity contribution in [3.63, 3.8) is 0 Å². The van der Waals surface area contributed by atoms with Crippen molar-refractivity contribution >= 4 is 38.7 Å². The number of nitrogens with one attached hydrogen (secondary N) is 1. The summed E-state index contributed by atoms with van der Waals surface area (Å²) in [5.41, 5.74) is 1.05. The predicted octanol–water partition coefficient (Wildman–Crippen LogP) is 3.41. The first-order chi connectivity index (χ1) is 10.9. The van der Waals surface area contributed by atoms with Crippen LogP contribution in [0.15, 0.2) is 34.9 Å². The summed E-state index contributed by atoms with van der Waals surface area (Å²) >= 11 is 3.45. The number of hydrogen-bond donors (Lipinski definition) is 2. The SMILES string of the molecule is CC[C@H](C)[C@@H](NC(=O)CCn1ccc2ccc(Br)cc21)C(=O)O. The van der Waals surface area contributed by atoms with Gasteiger partial charge in [0.25, 0.3) is 0 Å². The smallest absolute Gasteiger partial charge is 0.326 e. The van der Waals surface area contributed by atoms with Gasteiger partial charge in [-0.1, -0.05) is 42.3 Å². The summed E-state index contributed by atoms with van der Waals surface area (Å²) < 4.78 is 2.98. The molecule has 23 heavy (non-hydrogen) atoms.